The van der Waals surface area contributed by atoms with Gasteiger partial charge in [-0.25, -0.2) is 0 Å². The molecule has 6 heteroatoms. The Balaban J connectivity index is 1.66. The molecule has 0 spiro atoms. The molecule has 0 bridgehead atoms. The molecule has 1 aromatic heterocycles. The van der Waals surface area contributed by atoms with E-state index in [1.165, 1.54) is 11.8 Å². The highest BCUT2D eigenvalue weighted by atomic mass is 32.2. The van der Waals surface area contributed by atoms with Crippen molar-refractivity contribution in [3.05, 3.63) is 65.7 Å². The van der Waals surface area contributed by atoms with E-state index in [0.29, 0.717) is 11.7 Å². The van der Waals surface area contributed by atoms with Gasteiger partial charge >= 0.3 is 0 Å². The van der Waals surface area contributed by atoms with Gasteiger partial charge in [0.2, 0.25) is 5.91 Å². The van der Waals surface area contributed by atoms with Crippen molar-refractivity contribution in [3.63, 3.8) is 0 Å². The van der Waals surface area contributed by atoms with Gasteiger partial charge in [-0.05, 0) is 24.0 Å². The highest BCUT2D eigenvalue weighted by Gasteiger charge is 2.19. The van der Waals surface area contributed by atoms with E-state index in [0.717, 1.165) is 27.7 Å². The van der Waals surface area contributed by atoms with Gasteiger partial charge in [0.1, 0.15) is 0 Å². The number of nitrogens with zero attached hydrogens (tertiary/aromatic N) is 3. The number of benzene rings is 2. The van der Waals surface area contributed by atoms with Crippen LogP contribution in [0.1, 0.15) is 31.0 Å². The molecule has 0 saturated heterocycles. The van der Waals surface area contributed by atoms with E-state index < -0.39 is 0 Å². The van der Waals surface area contributed by atoms with Gasteiger partial charge < -0.3 is 9.88 Å². The van der Waals surface area contributed by atoms with E-state index in [1.54, 1.807) is 0 Å². The van der Waals surface area contributed by atoms with Gasteiger partial charge in [0.05, 0.1) is 11.8 Å². The number of amides is 1. The van der Waals surface area contributed by atoms with Crippen molar-refractivity contribution in [2.45, 2.75) is 32.0 Å². The molecule has 3 rings (SSSR count). The number of hydrogen-bond acceptors (Lipinski definition) is 4. The van der Waals surface area contributed by atoms with E-state index in [-0.39, 0.29) is 11.9 Å². The second kappa shape index (κ2) is 9.06. The summed E-state index contributed by atoms with van der Waals surface area (Å²) >= 11 is 1.40. The zero-order valence-electron chi connectivity index (χ0n) is 16.7. The van der Waals surface area contributed by atoms with Crippen LogP contribution in [0.25, 0.3) is 11.4 Å². The SMILES string of the molecule is Cc1ccccc1-c1nnc(SCC(=O)NC(c2ccccc2)C(C)C)n1C. The summed E-state index contributed by atoms with van der Waals surface area (Å²) in [5.41, 5.74) is 3.32. The lowest BCUT2D eigenvalue weighted by Gasteiger charge is -2.22. The van der Waals surface area contributed by atoms with Crippen LogP contribution in [0.5, 0.6) is 0 Å². The summed E-state index contributed by atoms with van der Waals surface area (Å²) in [5.74, 6) is 1.41. The lowest BCUT2D eigenvalue weighted by atomic mass is 9.96. The van der Waals surface area contributed by atoms with Crippen LogP contribution in [0.3, 0.4) is 0 Å². The summed E-state index contributed by atoms with van der Waals surface area (Å²) in [4.78, 5) is 12.6. The van der Waals surface area contributed by atoms with Crippen molar-refractivity contribution >= 4 is 17.7 Å². The van der Waals surface area contributed by atoms with Crippen LogP contribution in [-0.4, -0.2) is 26.4 Å². The summed E-state index contributed by atoms with van der Waals surface area (Å²) in [6.07, 6.45) is 0. The second-order valence-corrected chi connectivity index (χ2v) is 8.11. The Morgan fingerprint density at radius 3 is 2.43 bits per heavy atom. The molecule has 5 nitrogen and oxygen atoms in total. The summed E-state index contributed by atoms with van der Waals surface area (Å²) < 4.78 is 1.94. The largest absolute Gasteiger partial charge is 0.348 e. The minimum absolute atomic E-state index is 0.00340. The van der Waals surface area contributed by atoms with E-state index in [9.17, 15) is 4.79 Å². The van der Waals surface area contributed by atoms with Crippen molar-refractivity contribution in [1.82, 2.24) is 20.1 Å². The van der Waals surface area contributed by atoms with E-state index in [4.69, 9.17) is 0 Å². The highest BCUT2D eigenvalue weighted by Crippen LogP contribution is 2.26. The Kier molecular flexibility index (Phi) is 6.52. The van der Waals surface area contributed by atoms with Crippen molar-refractivity contribution in [2.24, 2.45) is 13.0 Å². The molecule has 0 aliphatic carbocycles. The van der Waals surface area contributed by atoms with Crippen LogP contribution in [0.2, 0.25) is 0 Å². The molecule has 1 heterocycles. The summed E-state index contributed by atoms with van der Waals surface area (Å²) in [6.45, 7) is 6.28. The quantitative estimate of drug-likeness (QED) is 0.604. The molecule has 1 amide bonds. The molecule has 1 unspecified atom stereocenters. The van der Waals surface area contributed by atoms with Gasteiger partial charge in [-0.2, -0.15) is 0 Å². The summed E-state index contributed by atoms with van der Waals surface area (Å²) in [5, 5.41) is 12.5. The maximum Gasteiger partial charge on any atom is 0.230 e. The highest BCUT2D eigenvalue weighted by molar-refractivity contribution is 7.99. The molecular weight excluding hydrogens is 368 g/mol. The van der Waals surface area contributed by atoms with Crippen LogP contribution in [0.4, 0.5) is 0 Å². The van der Waals surface area contributed by atoms with Crippen LogP contribution < -0.4 is 5.32 Å². The Labute approximate surface area is 170 Å². The molecule has 1 N–H and O–H groups in total. The van der Waals surface area contributed by atoms with Gasteiger partial charge in [-0.3, -0.25) is 4.79 Å². The molecule has 28 heavy (non-hydrogen) atoms. The van der Waals surface area contributed by atoms with Gasteiger partial charge in [-0.15, -0.1) is 10.2 Å². The Morgan fingerprint density at radius 2 is 1.75 bits per heavy atom. The smallest absolute Gasteiger partial charge is 0.230 e. The molecule has 0 fully saturated rings. The van der Waals surface area contributed by atoms with Gasteiger partial charge in [0.15, 0.2) is 11.0 Å². The monoisotopic (exact) mass is 394 g/mol. The lowest BCUT2D eigenvalue weighted by Crippen LogP contribution is -2.33. The third-order valence-electron chi connectivity index (χ3n) is 4.70. The van der Waals surface area contributed by atoms with E-state index in [2.05, 4.69) is 54.5 Å². The summed E-state index contributed by atoms with van der Waals surface area (Å²) in [7, 11) is 1.93. The fourth-order valence-electron chi connectivity index (χ4n) is 3.14. The summed E-state index contributed by atoms with van der Waals surface area (Å²) in [6, 6.07) is 18.2. The molecule has 0 aliphatic heterocycles. The predicted molar refractivity (Wildman–Crippen MR) is 114 cm³/mol. The first kappa shape index (κ1) is 20.1. The number of carbonyl (C=O) groups excluding carboxylic acids is 1. The van der Waals surface area contributed by atoms with Gasteiger partial charge in [0.25, 0.3) is 0 Å². The van der Waals surface area contributed by atoms with Crippen LogP contribution in [0, 0.1) is 12.8 Å². The first-order valence-electron chi connectivity index (χ1n) is 9.40. The number of thioether (sulfide) groups is 1. The first-order chi connectivity index (χ1) is 13.5. The average molecular weight is 395 g/mol. The van der Waals surface area contributed by atoms with Gasteiger partial charge in [0, 0.05) is 12.6 Å². The molecule has 0 aliphatic rings. The molecule has 2 aromatic carbocycles. The van der Waals surface area contributed by atoms with Crippen molar-refractivity contribution in [1.29, 1.82) is 0 Å². The molecule has 0 radical (unpaired) electrons. The van der Waals surface area contributed by atoms with Gasteiger partial charge in [-0.1, -0.05) is 80.2 Å². The molecule has 0 saturated carbocycles. The Bertz CT molecular complexity index is 937. The minimum atomic E-state index is -0.00649. The standard InChI is InChI=1S/C22H26N4OS/c1-15(2)20(17-11-6-5-7-12-17)23-19(27)14-28-22-25-24-21(26(22)4)18-13-9-8-10-16(18)3/h5-13,15,20H,14H2,1-4H3,(H,23,27). The molecular formula is C22H26N4OS. The fourth-order valence-corrected chi connectivity index (χ4v) is 3.86. The number of nitrogens with one attached hydrogen (secondary N) is 1. The number of rotatable bonds is 7. The van der Waals surface area contributed by atoms with E-state index >= 15 is 0 Å². The Hall–Kier alpha value is -2.60. The zero-order chi connectivity index (χ0) is 20.1. The maximum absolute atomic E-state index is 12.6. The number of hydrogen-bond donors (Lipinski definition) is 1. The molecule has 146 valence electrons. The fraction of sp³-hybridized carbons (Fsp3) is 0.318. The second-order valence-electron chi connectivity index (χ2n) is 7.17. The molecule has 1 atom stereocenters. The molecule has 3 aromatic rings. The predicted octanol–water partition coefficient (Wildman–Crippen LogP) is 4.40. The van der Waals surface area contributed by atoms with Crippen LogP contribution in [0.15, 0.2) is 59.8 Å². The van der Waals surface area contributed by atoms with Crippen molar-refractivity contribution in [2.75, 3.05) is 5.75 Å². The van der Waals surface area contributed by atoms with Crippen molar-refractivity contribution in [3.8, 4) is 11.4 Å². The normalized spacial score (nSPS) is 12.2. The third-order valence-corrected chi connectivity index (χ3v) is 5.72. The lowest BCUT2D eigenvalue weighted by molar-refractivity contribution is -0.119. The van der Waals surface area contributed by atoms with Crippen molar-refractivity contribution < 1.29 is 4.79 Å². The minimum Gasteiger partial charge on any atom is -0.348 e. The van der Waals surface area contributed by atoms with Crippen LogP contribution in [-0.2, 0) is 11.8 Å². The maximum atomic E-state index is 12.6. The number of aryl methyl sites for hydroxylation is 1. The Morgan fingerprint density at radius 1 is 1.07 bits per heavy atom. The number of aromatic nitrogens is 3. The van der Waals surface area contributed by atoms with Crippen LogP contribution >= 0.6 is 11.8 Å². The van der Waals surface area contributed by atoms with E-state index in [1.807, 2.05) is 48.0 Å². The average Bonchev–Trinajstić information content (AvgIpc) is 3.05. The first-order valence-corrected chi connectivity index (χ1v) is 10.4. The third kappa shape index (κ3) is 4.62. The topological polar surface area (TPSA) is 59.8 Å². The number of carbonyl (C=O) groups is 1. The zero-order valence-corrected chi connectivity index (χ0v) is 17.5.